The molecule has 2 N–H and O–H groups in total. The van der Waals surface area contributed by atoms with E-state index in [9.17, 15) is 13.2 Å². The highest BCUT2D eigenvalue weighted by atomic mass is 32.2. The number of nitrogens with one attached hydrogen (secondary N) is 2. The lowest BCUT2D eigenvalue weighted by Crippen LogP contribution is -2.12. The van der Waals surface area contributed by atoms with Gasteiger partial charge in [-0.15, -0.1) is 11.3 Å². The Morgan fingerprint density at radius 3 is 2.61 bits per heavy atom. The number of rotatable bonds is 8. The van der Waals surface area contributed by atoms with Gasteiger partial charge in [0.25, 0.3) is 10.0 Å². The monoisotopic (exact) mass is 463 g/mol. The van der Waals surface area contributed by atoms with Crippen LogP contribution in [0.25, 0.3) is 12.2 Å². The van der Waals surface area contributed by atoms with Crippen LogP contribution in [0.4, 0.5) is 11.4 Å². The van der Waals surface area contributed by atoms with Crippen LogP contribution < -0.4 is 19.5 Å². The fraction of sp³-hybridized carbons (Fsp3) is 0.200. The Kier molecular flexibility index (Phi) is 6.66. The van der Waals surface area contributed by atoms with Crippen LogP contribution in [0, 0.1) is 6.92 Å². The third-order valence-electron chi connectivity index (χ3n) is 4.11. The number of methoxy groups -OCH3 is 2. The second-order valence-electron chi connectivity index (χ2n) is 6.35. The molecular weight excluding hydrogens is 442 g/mol. The number of carbonyl (C=O) groups is 1. The van der Waals surface area contributed by atoms with E-state index in [-0.39, 0.29) is 10.1 Å². The van der Waals surface area contributed by atoms with E-state index in [0.717, 1.165) is 11.3 Å². The molecule has 0 saturated heterocycles. The Labute approximate surface area is 183 Å². The third-order valence-corrected chi connectivity index (χ3v) is 7.02. The summed E-state index contributed by atoms with van der Waals surface area (Å²) < 4.78 is 43.8. The first-order chi connectivity index (χ1) is 14.7. The second kappa shape index (κ2) is 9.23. The van der Waals surface area contributed by atoms with Crippen molar-refractivity contribution in [2.75, 3.05) is 24.3 Å². The second-order valence-corrected chi connectivity index (χ2v) is 9.37. The maximum absolute atomic E-state index is 12.8. The van der Waals surface area contributed by atoms with Gasteiger partial charge in [-0.2, -0.15) is 0 Å². The number of benzene rings is 1. The molecule has 0 bridgehead atoms. The van der Waals surface area contributed by atoms with Crippen molar-refractivity contribution in [3.8, 4) is 11.5 Å². The molecule has 2 heterocycles. The van der Waals surface area contributed by atoms with E-state index in [2.05, 4.69) is 15.2 Å². The van der Waals surface area contributed by atoms with Crippen molar-refractivity contribution in [3.05, 3.63) is 46.7 Å². The molecule has 9 nitrogen and oxygen atoms in total. The van der Waals surface area contributed by atoms with Gasteiger partial charge < -0.3 is 19.3 Å². The Bertz CT molecular complexity index is 1230. The standard InChI is InChI=1S/C20H21N3O6S2/c1-12-20(21-13(2)24)17(29-22-12)9-6-15-7-10-19(30-15)31(25,26)23-16-8-5-14(27-3)11-18(16)28-4/h5-11,23H,1-4H3,(H,21,24)/b9-6+. The number of nitrogens with zero attached hydrogens (tertiary/aromatic N) is 1. The highest BCUT2D eigenvalue weighted by molar-refractivity contribution is 7.94. The third kappa shape index (κ3) is 5.25. The SMILES string of the molecule is COc1ccc(NS(=O)(=O)c2ccc(/C=C/c3onc(C)c3NC(C)=O)s2)c(OC)c1. The number of thiophene rings is 1. The summed E-state index contributed by atoms with van der Waals surface area (Å²) >= 11 is 1.07. The highest BCUT2D eigenvalue weighted by Gasteiger charge is 2.19. The van der Waals surface area contributed by atoms with E-state index < -0.39 is 10.0 Å². The summed E-state index contributed by atoms with van der Waals surface area (Å²) in [5.41, 5.74) is 1.31. The van der Waals surface area contributed by atoms with E-state index in [0.29, 0.717) is 39.2 Å². The minimum Gasteiger partial charge on any atom is -0.497 e. The lowest BCUT2D eigenvalue weighted by molar-refractivity contribution is -0.114. The van der Waals surface area contributed by atoms with Crippen LogP contribution >= 0.6 is 11.3 Å². The first-order valence-corrected chi connectivity index (χ1v) is 11.3. The lowest BCUT2D eigenvalue weighted by atomic mass is 10.2. The molecule has 2 aromatic heterocycles. The predicted molar refractivity (Wildman–Crippen MR) is 119 cm³/mol. The largest absolute Gasteiger partial charge is 0.497 e. The number of anilines is 2. The summed E-state index contributed by atoms with van der Waals surface area (Å²) in [7, 11) is -0.869. The van der Waals surface area contributed by atoms with Crippen LogP contribution in [0.5, 0.6) is 11.5 Å². The molecule has 0 radical (unpaired) electrons. The molecule has 0 spiro atoms. The molecule has 3 aromatic rings. The molecule has 1 aromatic carbocycles. The summed E-state index contributed by atoms with van der Waals surface area (Å²) in [6.07, 6.45) is 3.30. The van der Waals surface area contributed by atoms with Gasteiger partial charge >= 0.3 is 0 Å². The topological polar surface area (TPSA) is 120 Å². The summed E-state index contributed by atoms with van der Waals surface area (Å²) in [6, 6.07) is 7.96. The first kappa shape index (κ1) is 22.4. The number of hydrogen-bond acceptors (Lipinski definition) is 8. The van der Waals surface area contributed by atoms with E-state index >= 15 is 0 Å². The summed E-state index contributed by atoms with van der Waals surface area (Å²) in [5.74, 6) is 1.01. The number of sulfonamides is 1. The van der Waals surface area contributed by atoms with Gasteiger partial charge in [0.2, 0.25) is 5.91 Å². The van der Waals surface area contributed by atoms with Crippen LogP contribution in [0.3, 0.4) is 0 Å². The van der Waals surface area contributed by atoms with E-state index in [4.69, 9.17) is 14.0 Å². The zero-order valence-electron chi connectivity index (χ0n) is 17.3. The molecule has 0 unspecified atom stereocenters. The van der Waals surface area contributed by atoms with Crippen LogP contribution in [-0.4, -0.2) is 33.7 Å². The molecule has 3 rings (SSSR count). The Balaban J connectivity index is 1.80. The molecule has 0 fully saturated rings. The number of ether oxygens (including phenoxy) is 2. The van der Waals surface area contributed by atoms with Crippen LogP contribution in [0.15, 0.2) is 39.1 Å². The Morgan fingerprint density at radius 1 is 1.16 bits per heavy atom. The van der Waals surface area contributed by atoms with E-state index in [1.807, 2.05) is 0 Å². The quantitative estimate of drug-likeness (QED) is 0.518. The van der Waals surface area contributed by atoms with Crippen LogP contribution in [0.1, 0.15) is 23.3 Å². The number of aromatic nitrogens is 1. The van der Waals surface area contributed by atoms with Crippen molar-refractivity contribution < 1.29 is 27.2 Å². The van der Waals surface area contributed by atoms with Crippen molar-refractivity contribution in [1.29, 1.82) is 0 Å². The maximum Gasteiger partial charge on any atom is 0.271 e. The smallest absolute Gasteiger partial charge is 0.271 e. The molecule has 1 amide bonds. The molecule has 164 valence electrons. The number of hydrogen-bond donors (Lipinski definition) is 2. The van der Waals surface area contributed by atoms with Crippen molar-refractivity contribution >= 4 is 50.8 Å². The normalized spacial score (nSPS) is 11.5. The van der Waals surface area contributed by atoms with Gasteiger partial charge in [0.05, 0.1) is 19.9 Å². The maximum atomic E-state index is 12.8. The number of carbonyl (C=O) groups excluding carboxylic acids is 1. The minimum absolute atomic E-state index is 0.126. The van der Waals surface area contributed by atoms with Crippen LogP contribution in [-0.2, 0) is 14.8 Å². The first-order valence-electron chi connectivity index (χ1n) is 9.00. The fourth-order valence-electron chi connectivity index (χ4n) is 2.63. The summed E-state index contributed by atoms with van der Waals surface area (Å²) in [4.78, 5) is 12.0. The molecule has 0 aliphatic carbocycles. The predicted octanol–water partition coefficient (Wildman–Crippen LogP) is 3.99. The number of amides is 1. The van der Waals surface area contributed by atoms with Gasteiger partial charge in [0.1, 0.15) is 27.1 Å². The Morgan fingerprint density at radius 2 is 1.94 bits per heavy atom. The van der Waals surface area contributed by atoms with Gasteiger partial charge in [-0.25, -0.2) is 8.42 Å². The zero-order chi connectivity index (χ0) is 22.6. The molecule has 0 aliphatic heterocycles. The lowest BCUT2D eigenvalue weighted by Gasteiger charge is -2.12. The van der Waals surface area contributed by atoms with Gasteiger partial charge in [-0.3, -0.25) is 9.52 Å². The van der Waals surface area contributed by atoms with Gasteiger partial charge in [0.15, 0.2) is 5.76 Å². The molecule has 31 heavy (non-hydrogen) atoms. The van der Waals surface area contributed by atoms with Gasteiger partial charge in [-0.1, -0.05) is 5.16 Å². The van der Waals surface area contributed by atoms with E-state index in [1.165, 1.54) is 27.2 Å². The molecule has 0 saturated carbocycles. The van der Waals surface area contributed by atoms with Crippen molar-refractivity contribution in [2.24, 2.45) is 0 Å². The minimum atomic E-state index is -3.83. The van der Waals surface area contributed by atoms with Crippen LogP contribution in [0.2, 0.25) is 0 Å². The molecule has 0 atom stereocenters. The van der Waals surface area contributed by atoms with Crippen molar-refractivity contribution in [1.82, 2.24) is 5.16 Å². The molecule has 0 aliphatic rings. The average molecular weight is 464 g/mol. The van der Waals surface area contributed by atoms with Gasteiger partial charge in [-0.05, 0) is 43.3 Å². The fourth-order valence-corrected chi connectivity index (χ4v) is 4.93. The highest BCUT2D eigenvalue weighted by Crippen LogP contribution is 2.32. The Hall–Kier alpha value is -3.31. The molecule has 11 heteroatoms. The van der Waals surface area contributed by atoms with Crippen molar-refractivity contribution in [3.63, 3.8) is 0 Å². The molecular formula is C20H21N3O6S2. The number of aryl methyl sites for hydroxylation is 1. The van der Waals surface area contributed by atoms with E-state index in [1.54, 1.807) is 43.3 Å². The van der Waals surface area contributed by atoms with Crippen molar-refractivity contribution in [2.45, 2.75) is 18.1 Å². The summed E-state index contributed by atoms with van der Waals surface area (Å²) in [6.45, 7) is 3.10. The summed E-state index contributed by atoms with van der Waals surface area (Å²) in [5, 5.41) is 6.50. The van der Waals surface area contributed by atoms with Gasteiger partial charge in [0, 0.05) is 17.9 Å². The zero-order valence-corrected chi connectivity index (χ0v) is 18.9. The average Bonchev–Trinajstić information content (AvgIpc) is 3.34.